The van der Waals surface area contributed by atoms with Gasteiger partial charge in [0.1, 0.15) is 0 Å². The van der Waals surface area contributed by atoms with Crippen molar-refractivity contribution in [3.63, 3.8) is 0 Å². The minimum absolute atomic E-state index is 0.461. The molecule has 2 aliphatic heterocycles. The molecule has 140 valence electrons. The molecule has 2 fully saturated rings. The average molecular weight is 364 g/mol. The Hall–Kier alpha value is -1.11. The highest BCUT2D eigenvalue weighted by Gasteiger charge is 2.24. The zero-order valence-corrected chi connectivity index (χ0v) is 16.4. The number of piperidine rings is 1. The van der Waals surface area contributed by atoms with Gasteiger partial charge in [0.15, 0.2) is 5.96 Å². The lowest BCUT2D eigenvalue weighted by atomic mass is 10.1. The molecule has 2 N–H and O–H groups in total. The standard InChI is InChI=1S/C19H33N5S/c1-20-19(21-9-14-23-10-3-2-4-11-23)22-16-17(18-8-7-15-25-18)24-12-5-6-13-24/h7-8,15,17H,2-6,9-14,16H2,1H3,(H2,20,21,22). The molecule has 1 aromatic heterocycles. The normalized spacial score (nSPS) is 21.4. The van der Waals surface area contributed by atoms with Crippen molar-refractivity contribution in [2.45, 2.75) is 38.1 Å². The minimum atomic E-state index is 0.461. The lowest BCUT2D eigenvalue weighted by molar-refractivity contribution is 0.231. The van der Waals surface area contributed by atoms with Gasteiger partial charge in [0, 0.05) is 31.6 Å². The molecule has 2 saturated heterocycles. The second kappa shape index (κ2) is 10.1. The molecule has 5 nitrogen and oxygen atoms in total. The predicted octanol–water partition coefficient (Wildman–Crippen LogP) is 2.54. The van der Waals surface area contributed by atoms with Crippen molar-refractivity contribution in [1.29, 1.82) is 0 Å². The molecule has 0 bridgehead atoms. The first-order valence-electron chi connectivity index (χ1n) is 9.81. The van der Waals surface area contributed by atoms with E-state index in [9.17, 15) is 0 Å². The van der Waals surface area contributed by atoms with E-state index in [2.05, 4.69) is 42.9 Å². The summed E-state index contributed by atoms with van der Waals surface area (Å²) in [5.74, 6) is 0.928. The van der Waals surface area contributed by atoms with Crippen molar-refractivity contribution in [3.8, 4) is 0 Å². The molecule has 0 aromatic carbocycles. The summed E-state index contributed by atoms with van der Waals surface area (Å²) in [5.41, 5.74) is 0. The van der Waals surface area contributed by atoms with Gasteiger partial charge in [-0.1, -0.05) is 12.5 Å². The second-order valence-electron chi connectivity index (χ2n) is 7.06. The van der Waals surface area contributed by atoms with Crippen molar-refractivity contribution in [2.75, 3.05) is 52.9 Å². The summed E-state index contributed by atoms with van der Waals surface area (Å²) in [6, 6.07) is 4.89. The monoisotopic (exact) mass is 363 g/mol. The fraction of sp³-hybridized carbons (Fsp3) is 0.737. The van der Waals surface area contributed by atoms with E-state index in [1.165, 1.54) is 63.2 Å². The van der Waals surface area contributed by atoms with E-state index in [1.54, 1.807) is 0 Å². The summed E-state index contributed by atoms with van der Waals surface area (Å²) >= 11 is 1.87. The molecule has 3 rings (SSSR count). The van der Waals surface area contributed by atoms with Crippen molar-refractivity contribution in [1.82, 2.24) is 20.4 Å². The van der Waals surface area contributed by atoms with E-state index >= 15 is 0 Å². The smallest absolute Gasteiger partial charge is 0.191 e. The van der Waals surface area contributed by atoms with Crippen LogP contribution in [0.4, 0.5) is 0 Å². The molecule has 0 spiro atoms. The van der Waals surface area contributed by atoms with Gasteiger partial charge < -0.3 is 15.5 Å². The molecule has 0 aliphatic carbocycles. The fourth-order valence-corrected chi connectivity index (χ4v) is 4.73. The number of rotatable bonds is 7. The lowest BCUT2D eigenvalue weighted by Gasteiger charge is -2.28. The Morgan fingerprint density at radius 1 is 1.12 bits per heavy atom. The third-order valence-corrected chi connectivity index (χ3v) is 6.28. The lowest BCUT2D eigenvalue weighted by Crippen LogP contribution is -2.45. The zero-order valence-electron chi connectivity index (χ0n) is 15.5. The summed E-state index contributed by atoms with van der Waals surface area (Å²) < 4.78 is 0. The largest absolute Gasteiger partial charge is 0.355 e. The number of hydrogen-bond donors (Lipinski definition) is 2. The Bertz CT molecular complexity index is 504. The maximum atomic E-state index is 4.41. The number of likely N-dealkylation sites (tertiary alicyclic amines) is 2. The molecule has 0 amide bonds. The van der Waals surface area contributed by atoms with Crippen LogP contribution in [-0.2, 0) is 0 Å². The number of aliphatic imine (C=N–C) groups is 1. The Morgan fingerprint density at radius 3 is 2.56 bits per heavy atom. The summed E-state index contributed by atoms with van der Waals surface area (Å²) in [5, 5.41) is 9.23. The van der Waals surface area contributed by atoms with E-state index < -0.39 is 0 Å². The van der Waals surface area contributed by atoms with Crippen molar-refractivity contribution >= 4 is 17.3 Å². The van der Waals surface area contributed by atoms with Crippen molar-refractivity contribution < 1.29 is 0 Å². The molecule has 3 heterocycles. The van der Waals surface area contributed by atoms with Crippen LogP contribution in [0, 0.1) is 0 Å². The number of nitrogens with one attached hydrogen (secondary N) is 2. The first kappa shape index (κ1) is 18.7. The van der Waals surface area contributed by atoms with Gasteiger partial charge in [0.05, 0.1) is 6.04 Å². The molecule has 1 aromatic rings. The van der Waals surface area contributed by atoms with E-state index in [0.29, 0.717) is 6.04 Å². The van der Waals surface area contributed by atoms with Crippen LogP contribution in [0.5, 0.6) is 0 Å². The maximum absolute atomic E-state index is 4.41. The molecular weight excluding hydrogens is 330 g/mol. The van der Waals surface area contributed by atoms with Gasteiger partial charge in [-0.15, -0.1) is 11.3 Å². The number of hydrogen-bond acceptors (Lipinski definition) is 4. The van der Waals surface area contributed by atoms with Gasteiger partial charge >= 0.3 is 0 Å². The van der Waals surface area contributed by atoms with Crippen LogP contribution in [-0.4, -0.2) is 68.6 Å². The molecule has 0 radical (unpaired) electrons. The minimum Gasteiger partial charge on any atom is -0.355 e. The van der Waals surface area contributed by atoms with Crippen molar-refractivity contribution in [3.05, 3.63) is 22.4 Å². The van der Waals surface area contributed by atoms with Crippen LogP contribution >= 0.6 is 11.3 Å². The van der Waals surface area contributed by atoms with E-state index in [-0.39, 0.29) is 0 Å². The first-order chi connectivity index (χ1) is 12.4. The zero-order chi connectivity index (χ0) is 17.3. The maximum Gasteiger partial charge on any atom is 0.191 e. The van der Waals surface area contributed by atoms with Crippen LogP contribution in [0.15, 0.2) is 22.5 Å². The van der Waals surface area contributed by atoms with Crippen LogP contribution in [0.3, 0.4) is 0 Å². The Labute approximate surface area is 156 Å². The van der Waals surface area contributed by atoms with Crippen LogP contribution < -0.4 is 10.6 Å². The highest BCUT2D eigenvalue weighted by atomic mass is 32.1. The molecule has 25 heavy (non-hydrogen) atoms. The van der Waals surface area contributed by atoms with Gasteiger partial charge in [-0.05, 0) is 63.3 Å². The molecular formula is C19H33N5S. The third-order valence-electron chi connectivity index (χ3n) is 5.31. The van der Waals surface area contributed by atoms with Crippen LogP contribution in [0.2, 0.25) is 0 Å². The molecule has 6 heteroatoms. The second-order valence-corrected chi connectivity index (χ2v) is 8.04. The quantitative estimate of drug-likeness (QED) is 0.577. The predicted molar refractivity (Wildman–Crippen MR) is 108 cm³/mol. The van der Waals surface area contributed by atoms with Gasteiger partial charge in [-0.25, -0.2) is 0 Å². The van der Waals surface area contributed by atoms with Crippen molar-refractivity contribution in [2.24, 2.45) is 4.99 Å². The molecule has 2 aliphatic rings. The van der Waals surface area contributed by atoms with E-state index in [0.717, 1.165) is 25.6 Å². The highest BCUT2D eigenvalue weighted by molar-refractivity contribution is 7.10. The summed E-state index contributed by atoms with van der Waals surface area (Å²) in [7, 11) is 1.87. The molecule has 1 unspecified atom stereocenters. The van der Waals surface area contributed by atoms with Gasteiger partial charge in [-0.2, -0.15) is 0 Å². The number of nitrogens with zero attached hydrogens (tertiary/aromatic N) is 3. The number of thiophene rings is 1. The van der Waals surface area contributed by atoms with Gasteiger partial charge in [-0.3, -0.25) is 9.89 Å². The van der Waals surface area contributed by atoms with Gasteiger partial charge in [0.2, 0.25) is 0 Å². The number of guanidine groups is 1. The van der Waals surface area contributed by atoms with Gasteiger partial charge in [0.25, 0.3) is 0 Å². The summed E-state index contributed by atoms with van der Waals surface area (Å²) in [6.07, 6.45) is 6.75. The average Bonchev–Trinajstić information content (AvgIpc) is 3.36. The fourth-order valence-electron chi connectivity index (χ4n) is 3.87. The third kappa shape index (κ3) is 5.69. The Kier molecular flexibility index (Phi) is 7.57. The SMILES string of the molecule is CN=C(NCCN1CCCCC1)NCC(c1cccs1)N1CCCC1. The Morgan fingerprint density at radius 2 is 1.88 bits per heavy atom. The van der Waals surface area contributed by atoms with E-state index in [1.807, 2.05) is 18.4 Å². The van der Waals surface area contributed by atoms with Crippen LogP contribution in [0.25, 0.3) is 0 Å². The topological polar surface area (TPSA) is 42.9 Å². The first-order valence-corrected chi connectivity index (χ1v) is 10.7. The Balaban J connectivity index is 1.45. The molecule has 1 atom stereocenters. The summed E-state index contributed by atoms with van der Waals surface area (Å²) in [4.78, 5) is 11.0. The van der Waals surface area contributed by atoms with Crippen LogP contribution in [0.1, 0.15) is 43.0 Å². The van der Waals surface area contributed by atoms with E-state index in [4.69, 9.17) is 0 Å². The summed E-state index contributed by atoms with van der Waals surface area (Å²) in [6.45, 7) is 7.93. The molecule has 0 saturated carbocycles. The highest BCUT2D eigenvalue weighted by Crippen LogP contribution is 2.27.